The highest BCUT2D eigenvalue weighted by molar-refractivity contribution is 6.17. The maximum atomic E-state index is 5.72. The fourth-order valence-electron chi connectivity index (χ4n) is 1.34. The number of rotatable bonds is 6. The van der Waals surface area contributed by atoms with E-state index in [1.165, 1.54) is 0 Å². The Kier molecular flexibility index (Phi) is 5.51. The summed E-state index contributed by atoms with van der Waals surface area (Å²) >= 11 is 5.72. The van der Waals surface area contributed by atoms with Crippen LogP contribution in [0, 0.1) is 0 Å². The molecule has 0 aromatic heterocycles. The van der Waals surface area contributed by atoms with Gasteiger partial charge in [-0.15, -0.1) is 11.6 Å². The molecule has 0 radical (unpaired) electrons. The van der Waals surface area contributed by atoms with Crippen LogP contribution in [0.3, 0.4) is 0 Å². The quantitative estimate of drug-likeness (QED) is 0.754. The van der Waals surface area contributed by atoms with Crippen molar-refractivity contribution in [2.45, 2.75) is 25.3 Å². The van der Waals surface area contributed by atoms with Crippen molar-refractivity contribution in [1.29, 1.82) is 0 Å². The molecule has 0 aliphatic heterocycles. The number of hydrogen-bond donors (Lipinski definition) is 1. The summed E-state index contributed by atoms with van der Waals surface area (Å²) in [7, 11) is 1.72. The first-order valence-electron chi connectivity index (χ1n) is 5.16. The van der Waals surface area contributed by atoms with Gasteiger partial charge in [-0.1, -0.05) is 12.1 Å². The van der Waals surface area contributed by atoms with Crippen LogP contribution in [0.4, 0.5) is 5.69 Å². The average molecular weight is 228 g/mol. The SMILES string of the molecule is COCCC(C)Nc1ccc(CCl)cc1. The Morgan fingerprint density at radius 3 is 2.53 bits per heavy atom. The second-order valence-corrected chi connectivity index (χ2v) is 3.92. The van der Waals surface area contributed by atoms with E-state index < -0.39 is 0 Å². The summed E-state index contributed by atoms with van der Waals surface area (Å²) < 4.78 is 5.03. The summed E-state index contributed by atoms with van der Waals surface area (Å²) in [5.74, 6) is 0.569. The molecule has 0 spiro atoms. The molecule has 0 amide bonds. The lowest BCUT2D eigenvalue weighted by molar-refractivity contribution is 0.191. The fraction of sp³-hybridized carbons (Fsp3) is 0.500. The topological polar surface area (TPSA) is 21.3 Å². The molecule has 0 bridgehead atoms. The highest BCUT2D eigenvalue weighted by atomic mass is 35.5. The first-order valence-corrected chi connectivity index (χ1v) is 5.70. The molecule has 0 heterocycles. The molecule has 1 unspecified atom stereocenters. The molecule has 0 fully saturated rings. The van der Waals surface area contributed by atoms with Gasteiger partial charge in [-0.2, -0.15) is 0 Å². The van der Waals surface area contributed by atoms with Crippen LogP contribution in [0.25, 0.3) is 0 Å². The molecule has 15 heavy (non-hydrogen) atoms. The standard InChI is InChI=1S/C12H18ClNO/c1-10(7-8-15-2)14-12-5-3-11(9-13)4-6-12/h3-6,10,14H,7-9H2,1-2H3. The molecular weight excluding hydrogens is 210 g/mol. The normalized spacial score (nSPS) is 12.5. The third-order valence-corrected chi connectivity index (χ3v) is 2.58. The zero-order valence-corrected chi connectivity index (χ0v) is 10.1. The Labute approximate surface area is 96.6 Å². The van der Waals surface area contributed by atoms with E-state index in [1.807, 2.05) is 12.1 Å². The molecule has 1 aromatic rings. The van der Waals surface area contributed by atoms with Crippen molar-refractivity contribution < 1.29 is 4.74 Å². The molecule has 0 aliphatic rings. The summed E-state index contributed by atoms with van der Waals surface area (Å²) in [6.45, 7) is 2.93. The molecule has 1 N–H and O–H groups in total. The number of benzene rings is 1. The Morgan fingerprint density at radius 1 is 1.33 bits per heavy atom. The number of ether oxygens (including phenoxy) is 1. The molecule has 1 atom stereocenters. The fourth-order valence-corrected chi connectivity index (χ4v) is 1.52. The highest BCUT2D eigenvalue weighted by Crippen LogP contribution is 2.12. The van der Waals surface area contributed by atoms with Crippen LogP contribution in [0.2, 0.25) is 0 Å². The first kappa shape index (κ1) is 12.3. The third kappa shape index (κ3) is 4.54. The zero-order chi connectivity index (χ0) is 11.1. The number of anilines is 1. The van der Waals surface area contributed by atoms with Gasteiger partial charge < -0.3 is 10.1 Å². The molecule has 0 aliphatic carbocycles. The minimum absolute atomic E-state index is 0.423. The number of alkyl halides is 1. The van der Waals surface area contributed by atoms with Crippen LogP contribution in [0.5, 0.6) is 0 Å². The lowest BCUT2D eigenvalue weighted by Crippen LogP contribution is -2.16. The Morgan fingerprint density at radius 2 is 2.00 bits per heavy atom. The van der Waals surface area contributed by atoms with Crippen LogP contribution in [0.1, 0.15) is 18.9 Å². The Balaban J connectivity index is 2.42. The maximum absolute atomic E-state index is 5.72. The highest BCUT2D eigenvalue weighted by Gasteiger charge is 2.01. The lowest BCUT2D eigenvalue weighted by Gasteiger charge is -2.14. The van der Waals surface area contributed by atoms with E-state index >= 15 is 0 Å². The van der Waals surface area contributed by atoms with Gasteiger partial charge in [0.15, 0.2) is 0 Å². The maximum Gasteiger partial charge on any atom is 0.0481 e. The number of methoxy groups -OCH3 is 1. The van der Waals surface area contributed by atoms with Crippen molar-refractivity contribution in [3.8, 4) is 0 Å². The average Bonchev–Trinajstić information content (AvgIpc) is 2.27. The van der Waals surface area contributed by atoms with Gasteiger partial charge in [-0.25, -0.2) is 0 Å². The van der Waals surface area contributed by atoms with Gasteiger partial charge in [0.05, 0.1) is 0 Å². The van der Waals surface area contributed by atoms with E-state index in [0.717, 1.165) is 24.3 Å². The van der Waals surface area contributed by atoms with E-state index in [0.29, 0.717) is 11.9 Å². The molecule has 1 rings (SSSR count). The molecule has 0 saturated heterocycles. The summed E-state index contributed by atoms with van der Waals surface area (Å²) in [5.41, 5.74) is 2.28. The minimum Gasteiger partial charge on any atom is -0.385 e. The molecule has 1 aromatic carbocycles. The van der Waals surface area contributed by atoms with E-state index in [4.69, 9.17) is 16.3 Å². The van der Waals surface area contributed by atoms with Crippen molar-refractivity contribution in [3.63, 3.8) is 0 Å². The minimum atomic E-state index is 0.423. The van der Waals surface area contributed by atoms with E-state index in [9.17, 15) is 0 Å². The van der Waals surface area contributed by atoms with E-state index in [-0.39, 0.29) is 0 Å². The van der Waals surface area contributed by atoms with Crippen molar-refractivity contribution in [2.75, 3.05) is 19.0 Å². The Bertz CT molecular complexity index is 273. The van der Waals surface area contributed by atoms with E-state index in [1.54, 1.807) is 7.11 Å². The van der Waals surface area contributed by atoms with Crippen molar-refractivity contribution >= 4 is 17.3 Å². The third-order valence-electron chi connectivity index (χ3n) is 2.28. The van der Waals surface area contributed by atoms with Gasteiger partial charge in [0.25, 0.3) is 0 Å². The number of hydrogen-bond acceptors (Lipinski definition) is 2. The Hall–Kier alpha value is -0.730. The lowest BCUT2D eigenvalue weighted by atomic mass is 10.2. The van der Waals surface area contributed by atoms with Crippen LogP contribution < -0.4 is 5.32 Å². The zero-order valence-electron chi connectivity index (χ0n) is 9.29. The second-order valence-electron chi connectivity index (χ2n) is 3.66. The van der Waals surface area contributed by atoms with Crippen molar-refractivity contribution in [3.05, 3.63) is 29.8 Å². The number of halogens is 1. The molecule has 0 saturated carbocycles. The first-order chi connectivity index (χ1) is 7.26. The van der Waals surface area contributed by atoms with Gasteiger partial charge in [0.2, 0.25) is 0 Å². The second kappa shape index (κ2) is 6.70. The number of nitrogens with one attached hydrogen (secondary N) is 1. The smallest absolute Gasteiger partial charge is 0.0481 e. The molecule has 84 valence electrons. The van der Waals surface area contributed by atoms with Gasteiger partial charge in [-0.3, -0.25) is 0 Å². The largest absolute Gasteiger partial charge is 0.385 e. The van der Waals surface area contributed by atoms with E-state index in [2.05, 4.69) is 24.4 Å². The van der Waals surface area contributed by atoms with Crippen LogP contribution in [0.15, 0.2) is 24.3 Å². The van der Waals surface area contributed by atoms with Gasteiger partial charge in [0, 0.05) is 31.3 Å². The van der Waals surface area contributed by atoms with Crippen molar-refractivity contribution in [2.24, 2.45) is 0 Å². The summed E-state index contributed by atoms with van der Waals surface area (Å²) in [6.07, 6.45) is 1.01. The van der Waals surface area contributed by atoms with Crippen molar-refractivity contribution in [1.82, 2.24) is 0 Å². The monoisotopic (exact) mass is 227 g/mol. The van der Waals surface area contributed by atoms with Gasteiger partial charge in [0.1, 0.15) is 0 Å². The van der Waals surface area contributed by atoms with Gasteiger partial charge in [-0.05, 0) is 31.0 Å². The molecule has 2 nitrogen and oxygen atoms in total. The predicted octanol–water partition coefficient (Wildman–Crippen LogP) is 3.26. The molecular formula is C12H18ClNO. The summed E-state index contributed by atoms with van der Waals surface area (Å²) in [4.78, 5) is 0. The summed E-state index contributed by atoms with van der Waals surface area (Å²) in [6, 6.07) is 8.62. The van der Waals surface area contributed by atoms with Crippen LogP contribution in [-0.4, -0.2) is 19.8 Å². The van der Waals surface area contributed by atoms with Crippen LogP contribution >= 0.6 is 11.6 Å². The summed E-state index contributed by atoms with van der Waals surface area (Å²) in [5, 5.41) is 3.40. The van der Waals surface area contributed by atoms with Crippen LogP contribution in [-0.2, 0) is 10.6 Å². The molecule has 3 heteroatoms. The van der Waals surface area contributed by atoms with Gasteiger partial charge >= 0.3 is 0 Å². The predicted molar refractivity (Wildman–Crippen MR) is 65.6 cm³/mol.